The zero-order valence-corrected chi connectivity index (χ0v) is 14.5. The van der Waals surface area contributed by atoms with Crippen molar-refractivity contribution in [3.63, 3.8) is 0 Å². The van der Waals surface area contributed by atoms with Crippen molar-refractivity contribution in [2.45, 2.75) is 24.2 Å². The minimum atomic E-state index is -0.248. The number of carbonyl (C=O) groups excluding carboxylic acids is 2. The molecule has 0 heterocycles. The van der Waals surface area contributed by atoms with Crippen LogP contribution in [0.3, 0.4) is 0 Å². The highest BCUT2D eigenvalue weighted by molar-refractivity contribution is 8.03. The summed E-state index contributed by atoms with van der Waals surface area (Å²) in [6, 6.07) is 14.5. The van der Waals surface area contributed by atoms with Gasteiger partial charge in [0.25, 0.3) is 5.91 Å². The quantitative estimate of drug-likeness (QED) is 0.805. The van der Waals surface area contributed by atoms with Gasteiger partial charge in [-0.1, -0.05) is 47.6 Å². The van der Waals surface area contributed by atoms with Crippen LogP contribution in [0.4, 0.5) is 5.69 Å². The molecule has 122 valence electrons. The van der Waals surface area contributed by atoms with E-state index < -0.39 is 0 Å². The fourth-order valence-electron chi connectivity index (χ4n) is 2.48. The van der Waals surface area contributed by atoms with Gasteiger partial charge >= 0.3 is 0 Å². The number of hydrogen-bond acceptors (Lipinski definition) is 3. The van der Waals surface area contributed by atoms with E-state index in [1.54, 1.807) is 30.3 Å². The predicted molar refractivity (Wildman–Crippen MR) is 98.6 cm³/mol. The monoisotopic (exact) mass is 357 g/mol. The molecule has 2 aromatic carbocycles. The maximum absolute atomic E-state index is 12.5. The van der Waals surface area contributed by atoms with Crippen LogP contribution in [-0.4, -0.2) is 11.7 Å². The average molecular weight is 358 g/mol. The number of amides is 1. The van der Waals surface area contributed by atoms with Crippen molar-refractivity contribution in [1.82, 2.24) is 0 Å². The molecule has 0 aromatic heterocycles. The summed E-state index contributed by atoms with van der Waals surface area (Å²) in [7, 11) is 0. The van der Waals surface area contributed by atoms with E-state index in [1.807, 2.05) is 24.3 Å². The van der Waals surface area contributed by atoms with Crippen molar-refractivity contribution in [2.75, 3.05) is 5.32 Å². The number of benzene rings is 2. The number of hydrogen-bond donors (Lipinski definition) is 1. The predicted octanol–water partition coefficient (Wildman–Crippen LogP) is 5.32. The van der Waals surface area contributed by atoms with Gasteiger partial charge in [-0.3, -0.25) is 9.59 Å². The molecule has 3 nitrogen and oxygen atoms in total. The van der Waals surface area contributed by atoms with E-state index in [0.717, 1.165) is 22.6 Å². The minimum Gasteiger partial charge on any atom is -0.321 e. The number of anilines is 1. The van der Waals surface area contributed by atoms with Crippen LogP contribution in [0.1, 0.15) is 29.6 Å². The van der Waals surface area contributed by atoms with Gasteiger partial charge in [0.2, 0.25) is 0 Å². The lowest BCUT2D eigenvalue weighted by Gasteiger charge is -2.15. The Hall–Kier alpha value is -2.04. The van der Waals surface area contributed by atoms with Gasteiger partial charge in [0, 0.05) is 11.3 Å². The van der Waals surface area contributed by atoms with Gasteiger partial charge < -0.3 is 5.32 Å². The maximum atomic E-state index is 12.5. The maximum Gasteiger partial charge on any atom is 0.257 e. The number of ketones is 1. The molecule has 0 spiro atoms. The smallest absolute Gasteiger partial charge is 0.257 e. The first kappa shape index (κ1) is 16.8. The van der Waals surface area contributed by atoms with Gasteiger partial charge in [-0.05, 0) is 48.1 Å². The summed E-state index contributed by atoms with van der Waals surface area (Å²) < 4.78 is 0. The zero-order valence-electron chi connectivity index (χ0n) is 12.9. The molecule has 3 rings (SSSR count). The van der Waals surface area contributed by atoms with Crippen LogP contribution in [0.15, 0.2) is 64.4 Å². The Morgan fingerprint density at radius 3 is 2.58 bits per heavy atom. The summed E-state index contributed by atoms with van der Waals surface area (Å²) in [6.07, 6.45) is 4.10. The van der Waals surface area contributed by atoms with Crippen LogP contribution < -0.4 is 5.32 Å². The minimum absolute atomic E-state index is 0.168. The second kappa shape index (κ2) is 7.69. The number of halogens is 1. The molecule has 0 saturated carbocycles. The van der Waals surface area contributed by atoms with E-state index in [2.05, 4.69) is 5.32 Å². The Morgan fingerprint density at radius 2 is 1.79 bits per heavy atom. The zero-order chi connectivity index (χ0) is 16.9. The molecule has 0 atom stereocenters. The molecule has 0 saturated heterocycles. The van der Waals surface area contributed by atoms with E-state index in [1.165, 1.54) is 11.8 Å². The lowest BCUT2D eigenvalue weighted by molar-refractivity contribution is -0.115. The van der Waals surface area contributed by atoms with Crippen LogP contribution in [0.5, 0.6) is 0 Å². The molecule has 2 aromatic rings. The van der Waals surface area contributed by atoms with Gasteiger partial charge in [0.05, 0.1) is 16.3 Å². The third-order valence-corrected chi connectivity index (χ3v) is 5.15. The average Bonchev–Trinajstić information content (AvgIpc) is 2.57. The molecule has 1 N–H and O–H groups in total. The first-order valence-corrected chi connectivity index (χ1v) is 8.89. The number of thioether (sulfide) groups is 1. The second-order valence-electron chi connectivity index (χ2n) is 5.46. The van der Waals surface area contributed by atoms with Crippen molar-refractivity contribution in [3.05, 3.63) is 70.1 Å². The SMILES string of the molecule is O=C1C=C(Sc2ccccc2NC(=O)c2ccccc2Cl)CCC1. The Balaban J connectivity index is 1.81. The second-order valence-corrected chi connectivity index (χ2v) is 7.04. The summed E-state index contributed by atoms with van der Waals surface area (Å²) in [5, 5.41) is 3.33. The number of allylic oxidation sites excluding steroid dienone is 2. The summed E-state index contributed by atoms with van der Waals surface area (Å²) in [5.74, 6) is -0.0799. The van der Waals surface area contributed by atoms with Crippen LogP contribution >= 0.6 is 23.4 Å². The molecule has 0 radical (unpaired) electrons. The summed E-state index contributed by atoms with van der Waals surface area (Å²) in [5.41, 5.74) is 1.15. The molecule has 1 aliphatic carbocycles. The summed E-state index contributed by atoms with van der Waals surface area (Å²) in [6.45, 7) is 0. The Morgan fingerprint density at radius 1 is 1.04 bits per heavy atom. The molecule has 1 amide bonds. The molecular formula is C19H16ClNO2S. The van der Waals surface area contributed by atoms with Crippen molar-refractivity contribution in [1.29, 1.82) is 0 Å². The fraction of sp³-hybridized carbons (Fsp3) is 0.158. The van der Waals surface area contributed by atoms with Crippen molar-refractivity contribution in [2.24, 2.45) is 0 Å². The van der Waals surface area contributed by atoms with E-state index in [0.29, 0.717) is 22.7 Å². The lowest BCUT2D eigenvalue weighted by atomic mass is 10.1. The van der Waals surface area contributed by atoms with E-state index in [4.69, 9.17) is 11.6 Å². The van der Waals surface area contributed by atoms with E-state index >= 15 is 0 Å². The van der Waals surface area contributed by atoms with E-state index in [-0.39, 0.29) is 11.7 Å². The fourth-order valence-corrected chi connectivity index (χ4v) is 3.79. The lowest BCUT2D eigenvalue weighted by Crippen LogP contribution is -2.13. The number of carbonyl (C=O) groups is 2. The third kappa shape index (κ3) is 4.08. The van der Waals surface area contributed by atoms with Gasteiger partial charge in [0.15, 0.2) is 5.78 Å². The Bertz CT molecular complexity index is 817. The normalized spacial score (nSPS) is 14.2. The highest BCUT2D eigenvalue weighted by atomic mass is 35.5. The Kier molecular flexibility index (Phi) is 5.38. The van der Waals surface area contributed by atoms with Crippen molar-refractivity contribution >= 4 is 40.7 Å². The summed E-state index contributed by atoms with van der Waals surface area (Å²) in [4.78, 5) is 26.0. The van der Waals surface area contributed by atoms with Gasteiger partial charge in [-0.15, -0.1) is 0 Å². The molecule has 5 heteroatoms. The van der Waals surface area contributed by atoms with Gasteiger partial charge in [0.1, 0.15) is 0 Å². The number of nitrogens with one attached hydrogen (secondary N) is 1. The van der Waals surface area contributed by atoms with Crippen molar-refractivity contribution in [3.8, 4) is 0 Å². The topological polar surface area (TPSA) is 46.2 Å². The molecule has 0 fully saturated rings. The van der Waals surface area contributed by atoms with Crippen molar-refractivity contribution < 1.29 is 9.59 Å². The van der Waals surface area contributed by atoms with Crippen LogP contribution in [0, 0.1) is 0 Å². The molecule has 0 aliphatic heterocycles. The highest BCUT2D eigenvalue weighted by Gasteiger charge is 2.15. The van der Waals surface area contributed by atoms with Crippen LogP contribution in [0.2, 0.25) is 5.02 Å². The van der Waals surface area contributed by atoms with Crippen LogP contribution in [0.25, 0.3) is 0 Å². The summed E-state index contributed by atoms with van der Waals surface area (Å²) >= 11 is 7.61. The number of para-hydroxylation sites is 1. The third-order valence-electron chi connectivity index (χ3n) is 3.66. The molecule has 1 aliphatic rings. The largest absolute Gasteiger partial charge is 0.321 e. The standard InChI is InChI=1S/C19H16ClNO2S/c20-16-9-2-1-8-15(16)19(23)21-17-10-3-4-11-18(17)24-14-7-5-6-13(22)12-14/h1-4,8-12H,5-7H2,(H,21,23). The molecule has 24 heavy (non-hydrogen) atoms. The molecule has 0 unspecified atom stereocenters. The Labute approximate surface area is 150 Å². The molecular weight excluding hydrogens is 342 g/mol. The van der Waals surface area contributed by atoms with Gasteiger partial charge in [-0.25, -0.2) is 0 Å². The first-order valence-electron chi connectivity index (χ1n) is 7.69. The van der Waals surface area contributed by atoms with Gasteiger partial charge in [-0.2, -0.15) is 0 Å². The van der Waals surface area contributed by atoms with Crippen LogP contribution in [-0.2, 0) is 4.79 Å². The number of rotatable bonds is 4. The van der Waals surface area contributed by atoms with E-state index in [9.17, 15) is 9.59 Å². The highest BCUT2D eigenvalue weighted by Crippen LogP contribution is 2.37. The molecule has 0 bridgehead atoms. The first-order chi connectivity index (χ1) is 11.6.